The van der Waals surface area contributed by atoms with Gasteiger partial charge in [0, 0.05) is 28.6 Å². The molecular formula is C13H10F3NO3S. The lowest BCUT2D eigenvalue weighted by Crippen LogP contribution is -2.17. The predicted molar refractivity (Wildman–Crippen MR) is 71.4 cm³/mol. The summed E-state index contributed by atoms with van der Waals surface area (Å²) in [5, 5.41) is 9.10. The smallest absolute Gasteiger partial charge is 0.503 e. The molecule has 0 fully saturated rings. The van der Waals surface area contributed by atoms with E-state index in [1.54, 1.807) is 6.07 Å². The third kappa shape index (κ3) is 4.75. The maximum atomic E-state index is 12.1. The molecule has 2 rings (SSSR count). The van der Waals surface area contributed by atoms with Gasteiger partial charge < -0.3 is 14.8 Å². The van der Waals surface area contributed by atoms with Gasteiger partial charge in [-0.3, -0.25) is 4.79 Å². The van der Waals surface area contributed by atoms with Gasteiger partial charge in [0.15, 0.2) is 5.75 Å². The number of thioether (sulfide) groups is 1. The molecule has 0 amide bonds. The highest BCUT2D eigenvalue weighted by atomic mass is 32.2. The Bertz CT molecular complexity index is 685. The Morgan fingerprint density at radius 1 is 1.29 bits per heavy atom. The Labute approximate surface area is 121 Å². The van der Waals surface area contributed by atoms with E-state index in [-0.39, 0.29) is 11.5 Å². The van der Waals surface area contributed by atoms with Crippen LogP contribution in [0.3, 0.4) is 0 Å². The summed E-state index contributed by atoms with van der Waals surface area (Å²) >= 11 is 1.23. The molecule has 8 heteroatoms. The second-order valence-electron chi connectivity index (χ2n) is 4.02. The van der Waals surface area contributed by atoms with Crippen LogP contribution in [0, 0.1) is 0 Å². The zero-order chi connectivity index (χ0) is 15.5. The van der Waals surface area contributed by atoms with Crippen molar-refractivity contribution >= 4 is 11.8 Å². The van der Waals surface area contributed by atoms with Crippen LogP contribution in [0.25, 0.3) is 0 Å². The van der Waals surface area contributed by atoms with Gasteiger partial charge in [0.2, 0.25) is 5.43 Å². The van der Waals surface area contributed by atoms with Crippen molar-refractivity contribution in [2.24, 2.45) is 0 Å². The molecule has 0 radical (unpaired) electrons. The van der Waals surface area contributed by atoms with Crippen molar-refractivity contribution in [2.45, 2.75) is 17.0 Å². The number of hydrogen-bond acceptors (Lipinski definition) is 4. The van der Waals surface area contributed by atoms with Crippen LogP contribution < -0.4 is 10.2 Å². The molecule has 0 bridgehead atoms. The number of aromatic amines is 1. The number of H-pyrrole nitrogens is 1. The van der Waals surface area contributed by atoms with Crippen molar-refractivity contribution in [3.8, 4) is 11.5 Å². The van der Waals surface area contributed by atoms with Crippen LogP contribution in [0.4, 0.5) is 13.2 Å². The first-order valence-corrected chi connectivity index (χ1v) is 6.71. The van der Waals surface area contributed by atoms with Gasteiger partial charge in [-0.25, -0.2) is 0 Å². The Balaban J connectivity index is 2.04. The molecular weight excluding hydrogens is 307 g/mol. The molecule has 1 aromatic heterocycles. The van der Waals surface area contributed by atoms with E-state index >= 15 is 0 Å². The van der Waals surface area contributed by atoms with Crippen LogP contribution in [0.1, 0.15) is 5.69 Å². The Kier molecular flexibility index (Phi) is 4.46. The highest BCUT2D eigenvalue weighted by Gasteiger charge is 2.31. The van der Waals surface area contributed by atoms with Crippen molar-refractivity contribution in [1.82, 2.24) is 4.98 Å². The van der Waals surface area contributed by atoms with Gasteiger partial charge >= 0.3 is 6.36 Å². The van der Waals surface area contributed by atoms with Gasteiger partial charge in [0.05, 0.1) is 0 Å². The molecule has 0 aliphatic heterocycles. The maximum Gasteiger partial charge on any atom is 0.573 e. The summed E-state index contributed by atoms with van der Waals surface area (Å²) in [6.45, 7) is 0. The molecule has 112 valence electrons. The van der Waals surface area contributed by atoms with Crippen LogP contribution >= 0.6 is 11.8 Å². The SMILES string of the molecule is O=c1cc(CSc2cccc(OC(F)(F)F)c2)[nH]cc1O. The number of pyridine rings is 1. The quantitative estimate of drug-likeness (QED) is 0.850. The van der Waals surface area contributed by atoms with Gasteiger partial charge in [-0.05, 0) is 18.2 Å². The first-order valence-electron chi connectivity index (χ1n) is 5.73. The molecule has 0 spiro atoms. The first-order chi connectivity index (χ1) is 9.83. The number of aromatic hydroxyl groups is 1. The highest BCUT2D eigenvalue weighted by molar-refractivity contribution is 7.98. The zero-order valence-corrected chi connectivity index (χ0v) is 11.3. The van der Waals surface area contributed by atoms with Gasteiger partial charge in [0.1, 0.15) is 5.75 Å². The minimum absolute atomic E-state index is 0.299. The average molecular weight is 317 g/mol. The van der Waals surface area contributed by atoms with Crippen LogP contribution in [-0.4, -0.2) is 16.5 Å². The molecule has 0 aliphatic rings. The largest absolute Gasteiger partial charge is 0.573 e. The number of nitrogens with one attached hydrogen (secondary N) is 1. The Morgan fingerprint density at radius 2 is 2.05 bits per heavy atom. The van der Waals surface area contributed by atoms with Crippen LogP contribution in [0.5, 0.6) is 11.5 Å². The molecule has 0 saturated carbocycles. The fourth-order valence-electron chi connectivity index (χ4n) is 1.51. The predicted octanol–water partition coefficient (Wildman–Crippen LogP) is 3.27. The lowest BCUT2D eigenvalue weighted by atomic mass is 10.3. The Morgan fingerprint density at radius 3 is 2.71 bits per heavy atom. The number of ether oxygens (including phenoxy) is 1. The summed E-state index contributed by atoms with van der Waals surface area (Å²) in [7, 11) is 0. The minimum atomic E-state index is -4.73. The van der Waals surface area contributed by atoms with Crippen molar-refractivity contribution in [3.05, 3.63) is 52.4 Å². The Hall–Kier alpha value is -2.09. The fraction of sp³-hybridized carbons (Fsp3) is 0.154. The zero-order valence-electron chi connectivity index (χ0n) is 10.5. The van der Waals surface area contributed by atoms with Crippen molar-refractivity contribution in [3.63, 3.8) is 0 Å². The van der Waals surface area contributed by atoms with E-state index in [0.717, 1.165) is 0 Å². The van der Waals surface area contributed by atoms with E-state index in [9.17, 15) is 18.0 Å². The van der Waals surface area contributed by atoms with Gasteiger partial charge in [-0.1, -0.05) is 6.07 Å². The topological polar surface area (TPSA) is 62.3 Å². The summed E-state index contributed by atoms with van der Waals surface area (Å²) in [6, 6.07) is 6.78. The van der Waals surface area contributed by atoms with E-state index in [2.05, 4.69) is 9.72 Å². The molecule has 1 aromatic carbocycles. The standard InChI is InChI=1S/C13H10F3NO3S/c14-13(15,16)20-9-2-1-3-10(5-9)21-7-8-4-11(18)12(19)6-17-8/h1-6,19H,7H2,(H,17,18). The monoisotopic (exact) mass is 317 g/mol. The normalized spacial score (nSPS) is 11.4. The lowest BCUT2D eigenvalue weighted by Gasteiger charge is -2.09. The molecule has 0 atom stereocenters. The maximum absolute atomic E-state index is 12.1. The van der Waals surface area contributed by atoms with E-state index < -0.39 is 11.8 Å². The summed E-state index contributed by atoms with van der Waals surface area (Å²) in [5.74, 6) is -0.346. The molecule has 21 heavy (non-hydrogen) atoms. The molecule has 4 nitrogen and oxygen atoms in total. The van der Waals surface area contributed by atoms with E-state index in [1.165, 1.54) is 42.2 Å². The van der Waals surface area contributed by atoms with Crippen LogP contribution in [-0.2, 0) is 5.75 Å². The fourth-order valence-corrected chi connectivity index (χ4v) is 2.37. The van der Waals surface area contributed by atoms with Crippen molar-refractivity contribution in [1.29, 1.82) is 0 Å². The van der Waals surface area contributed by atoms with Crippen LogP contribution in [0.2, 0.25) is 0 Å². The van der Waals surface area contributed by atoms with Gasteiger partial charge in [-0.15, -0.1) is 24.9 Å². The highest BCUT2D eigenvalue weighted by Crippen LogP contribution is 2.28. The summed E-state index contributed by atoms with van der Waals surface area (Å²) < 4.78 is 40.2. The third-order valence-electron chi connectivity index (χ3n) is 2.39. The number of aromatic nitrogens is 1. The molecule has 1 heterocycles. The van der Waals surface area contributed by atoms with E-state index in [0.29, 0.717) is 16.3 Å². The number of hydrogen-bond donors (Lipinski definition) is 2. The second-order valence-corrected chi connectivity index (χ2v) is 5.07. The summed E-state index contributed by atoms with van der Waals surface area (Å²) in [4.78, 5) is 14.5. The third-order valence-corrected chi connectivity index (χ3v) is 3.43. The summed E-state index contributed by atoms with van der Waals surface area (Å²) in [6.07, 6.45) is -3.56. The van der Waals surface area contributed by atoms with Gasteiger partial charge in [-0.2, -0.15) is 0 Å². The van der Waals surface area contributed by atoms with Crippen molar-refractivity contribution < 1.29 is 23.0 Å². The van der Waals surface area contributed by atoms with Gasteiger partial charge in [0.25, 0.3) is 0 Å². The van der Waals surface area contributed by atoms with E-state index in [1.807, 2.05) is 0 Å². The summed E-state index contributed by atoms with van der Waals surface area (Å²) in [5.41, 5.74) is 0.0310. The number of alkyl halides is 3. The van der Waals surface area contributed by atoms with Crippen molar-refractivity contribution in [2.75, 3.05) is 0 Å². The lowest BCUT2D eigenvalue weighted by molar-refractivity contribution is -0.274. The van der Waals surface area contributed by atoms with Crippen LogP contribution in [0.15, 0.2) is 46.2 Å². The number of rotatable bonds is 4. The second kappa shape index (κ2) is 6.13. The molecule has 2 aromatic rings. The average Bonchev–Trinajstić information content (AvgIpc) is 2.39. The number of benzene rings is 1. The number of halogens is 3. The minimum Gasteiger partial charge on any atom is -0.503 e. The molecule has 0 aliphatic carbocycles. The first kappa shape index (κ1) is 15.3. The molecule has 0 unspecified atom stereocenters. The molecule has 2 N–H and O–H groups in total. The molecule has 0 saturated heterocycles. The van der Waals surface area contributed by atoms with E-state index in [4.69, 9.17) is 5.11 Å².